The number of nitrogens with two attached hydrogens (primary N) is 1. The third kappa shape index (κ3) is 2.69. The lowest BCUT2D eigenvalue weighted by Crippen LogP contribution is -2.56. The first kappa shape index (κ1) is 14.9. The van der Waals surface area contributed by atoms with Gasteiger partial charge >= 0.3 is 0 Å². The second kappa shape index (κ2) is 5.62. The molecule has 2 atom stereocenters. The van der Waals surface area contributed by atoms with Gasteiger partial charge in [0.05, 0.1) is 5.54 Å². The Labute approximate surface area is 129 Å². The lowest BCUT2D eigenvalue weighted by Gasteiger charge is -2.42. The van der Waals surface area contributed by atoms with Gasteiger partial charge in [0.2, 0.25) is 0 Å². The van der Waals surface area contributed by atoms with Crippen LogP contribution in [0.3, 0.4) is 0 Å². The summed E-state index contributed by atoms with van der Waals surface area (Å²) < 4.78 is 0. The zero-order chi connectivity index (χ0) is 15.0. The molecule has 2 fully saturated rings. The Morgan fingerprint density at radius 2 is 1.95 bits per heavy atom. The average Bonchev–Trinajstić information content (AvgIpc) is 3.26. The zero-order valence-corrected chi connectivity index (χ0v) is 13.7. The van der Waals surface area contributed by atoms with E-state index in [2.05, 4.69) is 54.8 Å². The van der Waals surface area contributed by atoms with Gasteiger partial charge in [-0.1, -0.05) is 17.7 Å². The highest BCUT2D eigenvalue weighted by Gasteiger charge is 2.49. The summed E-state index contributed by atoms with van der Waals surface area (Å²) in [5.41, 5.74) is 9.03. The van der Waals surface area contributed by atoms with E-state index in [1.54, 1.807) is 0 Å². The fourth-order valence-electron chi connectivity index (χ4n) is 4.09. The highest BCUT2D eigenvalue weighted by Crippen LogP contribution is 2.40. The van der Waals surface area contributed by atoms with Gasteiger partial charge in [-0.25, -0.2) is 0 Å². The molecule has 1 aromatic rings. The van der Waals surface area contributed by atoms with Crippen LogP contribution in [-0.4, -0.2) is 42.2 Å². The summed E-state index contributed by atoms with van der Waals surface area (Å²) in [6, 6.07) is 10.4. The molecule has 3 nitrogen and oxygen atoms in total. The van der Waals surface area contributed by atoms with Gasteiger partial charge in [-0.3, -0.25) is 4.90 Å². The number of likely N-dealkylation sites (N-methyl/N-ethyl adjacent to an activating group) is 1. The molecule has 1 saturated heterocycles. The normalized spacial score (nSPS) is 29.8. The van der Waals surface area contributed by atoms with Crippen LogP contribution in [0.4, 0.5) is 5.69 Å². The van der Waals surface area contributed by atoms with Crippen LogP contribution in [0.1, 0.15) is 38.7 Å². The Balaban J connectivity index is 1.87. The third-order valence-electron chi connectivity index (χ3n) is 5.35. The van der Waals surface area contributed by atoms with Gasteiger partial charge in [0.15, 0.2) is 0 Å². The average molecular weight is 287 g/mol. The molecule has 1 saturated carbocycles. The zero-order valence-electron chi connectivity index (χ0n) is 13.7. The highest BCUT2D eigenvalue weighted by atomic mass is 15.3. The quantitative estimate of drug-likeness (QED) is 0.904. The van der Waals surface area contributed by atoms with Gasteiger partial charge in [0.1, 0.15) is 0 Å². The smallest absolute Gasteiger partial charge is 0.0665 e. The molecule has 3 heteroatoms. The third-order valence-corrected chi connectivity index (χ3v) is 5.35. The summed E-state index contributed by atoms with van der Waals surface area (Å²) in [6.45, 7) is 9.65. The summed E-state index contributed by atoms with van der Waals surface area (Å²) in [4.78, 5) is 5.25. The van der Waals surface area contributed by atoms with Crippen LogP contribution in [-0.2, 0) is 0 Å². The first-order valence-electron chi connectivity index (χ1n) is 8.40. The van der Waals surface area contributed by atoms with Crippen LogP contribution in [0.25, 0.3) is 0 Å². The minimum Gasteiger partial charge on any atom is -0.363 e. The predicted molar refractivity (Wildman–Crippen MR) is 89.8 cm³/mol. The molecule has 0 radical (unpaired) electrons. The van der Waals surface area contributed by atoms with E-state index in [9.17, 15) is 0 Å². The molecule has 1 heterocycles. The predicted octanol–water partition coefficient (Wildman–Crippen LogP) is 2.78. The summed E-state index contributed by atoms with van der Waals surface area (Å²) >= 11 is 0. The van der Waals surface area contributed by atoms with E-state index in [1.807, 2.05) is 0 Å². The van der Waals surface area contributed by atoms with Crippen molar-refractivity contribution in [2.45, 2.75) is 57.7 Å². The molecule has 0 aromatic heterocycles. The Morgan fingerprint density at radius 3 is 2.48 bits per heavy atom. The summed E-state index contributed by atoms with van der Waals surface area (Å²) in [5.74, 6) is 0. The number of hydrogen-bond donors (Lipinski definition) is 1. The Bertz CT molecular complexity index is 480. The van der Waals surface area contributed by atoms with Crippen LogP contribution in [0, 0.1) is 6.92 Å². The van der Waals surface area contributed by atoms with E-state index in [-0.39, 0.29) is 5.54 Å². The summed E-state index contributed by atoms with van der Waals surface area (Å²) in [7, 11) is 0. The molecule has 0 amide bonds. The van der Waals surface area contributed by atoms with Crippen molar-refractivity contribution in [1.82, 2.24) is 4.90 Å². The maximum Gasteiger partial charge on any atom is 0.0665 e. The number of hydrogen-bond acceptors (Lipinski definition) is 3. The minimum atomic E-state index is 0.103. The molecular formula is C18H29N3. The minimum absolute atomic E-state index is 0.103. The number of nitrogens with zero attached hydrogens (tertiary/aromatic N) is 2. The maximum atomic E-state index is 6.29. The monoisotopic (exact) mass is 287 g/mol. The molecule has 2 N–H and O–H groups in total. The molecule has 1 aliphatic carbocycles. The number of anilines is 1. The van der Waals surface area contributed by atoms with Crippen LogP contribution < -0.4 is 10.6 Å². The van der Waals surface area contributed by atoms with Crippen molar-refractivity contribution < 1.29 is 0 Å². The van der Waals surface area contributed by atoms with E-state index in [0.29, 0.717) is 6.04 Å². The van der Waals surface area contributed by atoms with E-state index >= 15 is 0 Å². The Morgan fingerprint density at radius 1 is 1.29 bits per heavy atom. The van der Waals surface area contributed by atoms with Gasteiger partial charge < -0.3 is 10.6 Å². The molecule has 116 valence electrons. The first-order valence-corrected chi connectivity index (χ1v) is 8.40. The van der Waals surface area contributed by atoms with Gasteiger partial charge in [-0.15, -0.1) is 0 Å². The SMILES string of the molecule is CCN(c1ccc(C)cc1)C1(CN)CC(C)N(C2CC2)C1. The number of benzene rings is 1. The van der Waals surface area contributed by atoms with Crippen LogP contribution in [0.15, 0.2) is 24.3 Å². The number of likely N-dealkylation sites (tertiary alicyclic amines) is 1. The van der Waals surface area contributed by atoms with Gasteiger partial charge in [0.25, 0.3) is 0 Å². The maximum absolute atomic E-state index is 6.29. The molecule has 0 spiro atoms. The fourth-order valence-corrected chi connectivity index (χ4v) is 4.09. The Hall–Kier alpha value is -1.06. The Kier molecular flexibility index (Phi) is 3.98. The van der Waals surface area contributed by atoms with Crippen LogP contribution >= 0.6 is 0 Å². The van der Waals surface area contributed by atoms with E-state index < -0.39 is 0 Å². The highest BCUT2D eigenvalue weighted by molar-refractivity contribution is 5.51. The van der Waals surface area contributed by atoms with E-state index in [0.717, 1.165) is 25.7 Å². The molecule has 2 aliphatic rings. The van der Waals surface area contributed by atoms with E-state index in [1.165, 1.54) is 30.5 Å². The van der Waals surface area contributed by atoms with Crippen molar-refractivity contribution >= 4 is 5.69 Å². The summed E-state index contributed by atoms with van der Waals surface area (Å²) in [5, 5.41) is 0. The number of aryl methyl sites for hydroxylation is 1. The van der Waals surface area contributed by atoms with Gasteiger partial charge in [-0.2, -0.15) is 0 Å². The molecule has 0 bridgehead atoms. The van der Waals surface area contributed by atoms with Crippen molar-refractivity contribution in [1.29, 1.82) is 0 Å². The van der Waals surface area contributed by atoms with Crippen molar-refractivity contribution in [3.05, 3.63) is 29.8 Å². The van der Waals surface area contributed by atoms with Crippen LogP contribution in [0.5, 0.6) is 0 Å². The van der Waals surface area contributed by atoms with Gasteiger partial charge in [0, 0.05) is 37.4 Å². The lowest BCUT2D eigenvalue weighted by molar-refractivity contribution is 0.248. The molecule has 1 aliphatic heterocycles. The second-order valence-electron chi connectivity index (χ2n) is 6.96. The van der Waals surface area contributed by atoms with Gasteiger partial charge in [-0.05, 0) is 52.2 Å². The van der Waals surface area contributed by atoms with Crippen LogP contribution in [0.2, 0.25) is 0 Å². The summed E-state index contributed by atoms with van der Waals surface area (Å²) in [6.07, 6.45) is 3.94. The molecule has 1 aromatic carbocycles. The lowest BCUT2D eigenvalue weighted by atomic mass is 9.93. The topological polar surface area (TPSA) is 32.5 Å². The van der Waals surface area contributed by atoms with Crippen molar-refractivity contribution in [3.8, 4) is 0 Å². The molecular weight excluding hydrogens is 258 g/mol. The van der Waals surface area contributed by atoms with Crippen molar-refractivity contribution in [3.63, 3.8) is 0 Å². The molecule has 2 unspecified atom stereocenters. The fraction of sp³-hybridized carbons (Fsp3) is 0.667. The number of rotatable bonds is 5. The van der Waals surface area contributed by atoms with E-state index in [4.69, 9.17) is 5.73 Å². The van der Waals surface area contributed by atoms with Crippen molar-refractivity contribution in [2.75, 3.05) is 24.5 Å². The molecule has 21 heavy (non-hydrogen) atoms. The standard InChI is InChI=1S/C18H29N3/c1-4-21(17-7-5-14(2)6-8-17)18(12-19)11-15(3)20(13-18)16-9-10-16/h5-8,15-16H,4,9-13,19H2,1-3H3. The largest absolute Gasteiger partial charge is 0.363 e. The van der Waals surface area contributed by atoms with Crippen molar-refractivity contribution in [2.24, 2.45) is 5.73 Å². The first-order chi connectivity index (χ1) is 10.1. The molecule has 3 rings (SSSR count). The second-order valence-corrected chi connectivity index (χ2v) is 6.96.